The number of ether oxygens (including phenoxy) is 1. The number of hydrogen-bond donors (Lipinski definition) is 0. The van der Waals surface area contributed by atoms with Gasteiger partial charge in [-0.25, -0.2) is 4.98 Å². The highest BCUT2D eigenvalue weighted by molar-refractivity contribution is 5.14. The predicted octanol–water partition coefficient (Wildman–Crippen LogP) is 1.00. The summed E-state index contributed by atoms with van der Waals surface area (Å²) in [6.45, 7) is 2.19. The van der Waals surface area contributed by atoms with E-state index in [1.165, 1.54) is 17.7 Å². The fraction of sp³-hybridized carbons (Fsp3) is 0.250. The topological polar surface area (TPSA) is 57.0 Å². The van der Waals surface area contributed by atoms with Crippen LogP contribution in [0.3, 0.4) is 0 Å². The van der Waals surface area contributed by atoms with Crippen LogP contribution in [0.5, 0.6) is 6.01 Å². The fourth-order valence-electron chi connectivity index (χ4n) is 1.57. The summed E-state index contributed by atoms with van der Waals surface area (Å²) in [6.07, 6.45) is 3.38. The van der Waals surface area contributed by atoms with Gasteiger partial charge in [0.2, 0.25) is 0 Å². The minimum Gasteiger partial charge on any atom is -0.468 e. The van der Waals surface area contributed by atoms with Crippen LogP contribution in [-0.4, -0.2) is 21.6 Å². The van der Waals surface area contributed by atoms with Crippen molar-refractivity contribution < 1.29 is 4.74 Å². The van der Waals surface area contributed by atoms with Crippen molar-refractivity contribution in [2.24, 2.45) is 0 Å². The van der Waals surface area contributed by atoms with E-state index in [9.17, 15) is 4.79 Å². The van der Waals surface area contributed by atoms with Gasteiger partial charge >= 0.3 is 0 Å². The van der Waals surface area contributed by atoms with Crippen LogP contribution in [0.1, 0.15) is 11.3 Å². The van der Waals surface area contributed by atoms with Gasteiger partial charge in [0.05, 0.1) is 13.7 Å². The number of aromatic nitrogens is 3. The van der Waals surface area contributed by atoms with Crippen molar-refractivity contribution in [2.45, 2.75) is 13.5 Å². The average molecular weight is 231 g/mol. The third-order valence-electron chi connectivity index (χ3n) is 2.37. The molecule has 2 rings (SSSR count). The summed E-state index contributed by atoms with van der Waals surface area (Å²) < 4.78 is 6.60. The Morgan fingerprint density at radius 3 is 2.71 bits per heavy atom. The van der Waals surface area contributed by atoms with Crippen molar-refractivity contribution in [3.8, 4) is 6.01 Å². The molecule has 0 saturated heterocycles. The second-order valence-electron chi connectivity index (χ2n) is 3.66. The van der Waals surface area contributed by atoms with Gasteiger partial charge in [0.15, 0.2) is 0 Å². The quantitative estimate of drug-likeness (QED) is 0.790. The summed E-state index contributed by atoms with van der Waals surface area (Å²) in [6, 6.07) is 5.52. The van der Waals surface area contributed by atoms with E-state index in [0.29, 0.717) is 18.2 Å². The van der Waals surface area contributed by atoms with Crippen molar-refractivity contribution in [3.63, 3.8) is 0 Å². The summed E-state index contributed by atoms with van der Waals surface area (Å²) in [5.74, 6) is 0. The van der Waals surface area contributed by atoms with E-state index in [-0.39, 0.29) is 5.56 Å². The predicted molar refractivity (Wildman–Crippen MR) is 63.1 cm³/mol. The van der Waals surface area contributed by atoms with Crippen LogP contribution in [0.4, 0.5) is 0 Å². The molecule has 0 atom stereocenters. The zero-order valence-corrected chi connectivity index (χ0v) is 9.75. The van der Waals surface area contributed by atoms with Gasteiger partial charge in [-0.3, -0.25) is 14.3 Å². The Morgan fingerprint density at radius 1 is 1.35 bits per heavy atom. The number of nitrogens with zero attached hydrogens (tertiary/aromatic N) is 3. The molecule has 0 saturated carbocycles. The molecule has 0 aromatic carbocycles. The average Bonchev–Trinajstić information content (AvgIpc) is 2.33. The van der Waals surface area contributed by atoms with Crippen LogP contribution in [0.15, 0.2) is 35.4 Å². The van der Waals surface area contributed by atoms with Crippen molar-refractivity contribution in [2.75, 3.05) is 7.11 Å². The van der Waals surface area contributed by atoms with Crippen molar-refractivity contribution in [3.05, 3.63) is 52.2 Å². The molecule has 0 bridgehead atoms. The molecular weight excluding hydrogens is 218 g/mol. The zero-order chi connectivity index (χ0) is 12.3. The highest BCUT2D eigenvalue weighted by Gasteiger charge is 2.07. The molecular formula is C12H13N3O2. The van der Waals surface area contributed by atoms with E-state index in [1.807, 2.05) is 12.1 Å². The molecule has 5 nitrogen and oxygen atoms in total. The van der Waals surface area contributed by atoms with Gasteiger partial charge in [0.1, 0.15) is 0 Å². The SMILES string of the molecule is COc1nc(C)cc(=O)n1Cc1ccncc1. The molecule has 0 radical (unpaired) electrons. The number of aryl methyl sites for hydroxylation is 1. The summed E-state index contributed by atoms with van der Waals surface area (Å²) in [7, 11) is 1.50. The molecule has 0 aliphatic rings. The van der Waals surface area contributed by atoms with Gasteiger partial charge in [-0.05, 0) is 24.6 Å². The van der Waals surface area contributed by atoms with Gasteiger partial charge in [-0.2, -0.15) is 0 Å². The Labute approximate surface area is 98.7 Å². The highest BCUT2D eigenvalue weighted by Crippen LogP contribution is 2.07. The molecule has 0 aliphatic carbocycles. The molecule has 17 heavy (non-hydrogen) atoms. The smallest absolute Gasteiger partial charge is 0.299 e. The second kappa shape index (κ2) is 4.78. The van der Waals surface area contributed by atoms with Crippen molar-refractivity contribution in [1.29, 1.82) is 0 Å². The number of methoxy groups -OCH3 is 1. The molecule has 2 aromatic heterocycles. The standard InChI is InChI=1S/C12H13N3O2/c1-9-7-11(16)15(12(14-9)17-2)8-10-3-5-13-6-4-10/h3-7H,8H2,1-2H3. The third kappa shape index (κ3) is 2.50. The second-order valence-corrected chi connectivity index (χ2v) is 3.66. The van der Waals surface area contributed by atoms with E-state index >= 15 is 0 Å². The maximum absolute atomic E-state index is 11.9. The summed E-state index contributed by atoms with van der Waals surface area (Å²) in [4.78, 5) is 20.0. The van der Waals surface area contributed by atoms with E-state index in [4.69, 9.17) is 4.74 Å². The largest absolute Gasteiger partial charge is 0.468 e. The molecule has 0 N–H and O–H groups in total. The van der Waals surface area contributed by atoms with Crippen molar-refractivity contribution in [1.82, 2.24) is 14.5 Å². The van der Waals surface area contributed by atoms with E-state index in [0.717, 1.165) is 5.56 Å². The number of rotatable bonds is 3. The minimum atomic E-state index is -0.119. The lowest BCUT2D eigenvalue weighted by Gasteiger charge is -2.10. The molecule has 0 unspecified atom stereocenters. The van der Waals surface area contributed by atoms with E-state index in [2.05, 4.69) is 9.97 Å². The number of pyridine rings is 1. The normalized spacial score (nSPS) is 10.2. The molecule has 2 aromatic rings. The lowest BCUT2D eigenvalue weighted by atomic mass is 10.2. The Balaban J connectivity index is 2.42. The first kappa shape index (κ1) is 11.3. The summed E-state index contributed by atoms with van der Waals surface area (Å²) >= 11 is 0. The Kier molecular flexibility index (Phi) is 3.18. The highest BCUT2D eigenvalue weighted by atomic mass is 16.5. The molecule has 0 fully saturated rings. The first-order chi connectivity index (χ1) is 8.20. The minimum absolute atomic E-state index is 0.119. The first-order valence-corrected chi connectivity index (χ1v) is 5.22. The van der Waals surface area contributed by atoms with Crippen LogP contribution in [-0.2, 0) is 6.54 Å². The third-order valence-corrected chi connectivity index (χ3v) is 2.37. The fourth-order valence-corrected chi connectivity index (χ4v) is 1.57. The molecule has 2 heterocycles. The van der Waals surface area contributed by atoms with Crippen LogP contribution >= 0.6 is 0 Å². The van der Waals surface area contributed by atoms with Crippen LogP contribution in [0, 0.1) is 6.92 Å². The van der Waals surface area contributed by atoms with Gasteiger partial charge < -0.3 is 4.74 Å². The van der Waals surface area contributed by atoms with Crippen LogP contribution in [0.25, 0.3) is 0 Å². The maximum Gasteiger partial charge on any atom is 0.299 e. The van der Waals surface area contributed by atoms with Crippen LogP contribution in [0.2, 0.25) is 0 Å². The Morgan fingerprint density at radius 2 is 2.06 bits per heavy atom. The van der Waals surface area contributed by atoms with Gasteiger partial charge in [0, 0.05) is 24.2 Å². The lowest BCUT2D eigenvalue weighted by molar-refractivity contribution is 0.350. The van der Waals surface area contributed by atoms with E-state index in [1.54, 1.807) is 19.3 Å². The molecule has 5 heteroatoms. The lowest BCUT2D eigenvalue weighted by Crippen LogP contribution is -2.23. The first-order valence-electron chi connectivity index (χ1n) is 5.22. The van der Waals surface area contributed by atoms with Gasteiger partial charge in [0.25, 0.3) is 11.6 Å². The Hall–Kier alpha value is -2.17. The number of hydrogen-bond acceptors (Lipinski definition) is 4. The molecule has 0 amide bonds. The van der Waals surface area contributed by atoms with Crippen molar-refractivity contribution >= 4 is 0 Å². The Bertz CT molecular complexity index is 564. The molecule has 0 spiro atoms. The summed E-state index contributed by atoms with van der Waals surface area (Å²) in [5, 5.41) is 0. The van der Waals surface area contributed by atoms with E-state index < -0.39 is 0 Å². The van der Waals surface area contributed by atoms with Gasteiger partial charge in [-0.1, -0.05) is 0 Å². The maximum atomic E-state index is 11.9. The zero-order valence-electron chi connectivity index (χ0n) is 9.75. The van der Waals surface area contributed by atoms with Crippen LogP contribution < -0.4 is 10.3 Å². The summed E-state index contributed by atoms with van der Waals surface area (Å²) in [5.41, 5.74) is 1.51. The van der Waals surface area contributed by atoms with Gasteiger partial charge in [-0.15, -0.1) is 0 Å². The monoisotopic (exact) mass is 231 g/mol. The molecule has 0 aliphatic heterocycles. The molecule has 88 valence electrons.